The van der Waals surface area contributed by atoms with Gasteiger partial charge in [-0.2, -0.15) is 0 Å². The van der Waals surface area contributed by atoms with Crippen LogP contribution in [-0.4, -0.2) is 9.89 Å². The number of carbonyl (C=O) groups is 1. The van der Waals surface area contributed by atoms with Crippen molar-refractivity contribution < 1.29 is 9.53 Å². The van der Waals surface area contributed by atoms with E-state index in [1.807, 2.05) is 24.3 Å². The lowest BCUT2D eigenvalue weighted by Gasteiger charge is -2.16. The van der Waals surface area contributed by atoms with Crippen LogP contribution in [0.2, 0.25) is 0 Å². The summed E-state index contributed by atoms with van der Waals surface area (Å²) in [5.74, 6) is 0. The van der Waals surface area contributed by atoms with Crippen molar-refractivity contribution >= 4 is 26.4 Å². The van der Waals surface area contributed by atoms with Gasteiger partial charge in [0.25, 0.3) is 0 Å². The first kappa shape index (κ1) is 14.7. The zero-order valence-electron chi connectivity index (χ0n) is 11.0. The monoisotopic (exact) mass is 370 g/mol. The number of carbonyl (C=O) groups excluding carboxylic acids is 1. The average molecular weight is 370 g/mol. The van der Waals surface area contributed by atoms with E-state index in [2.05, 4.69) is 12.2 Å². The van der Waals surface area contributed by atoms with Crippen LogP contribution in [0.4, 0.5) is 0 Å². The van der Waals surface area contributed by atoms with Crippen LogP contribution in [0.5, 0.6) is 0 Å². The van der Waals surface area contributed by atoms with Crippen molar-refractivity contribution in [3.05, 3.63) is 47.5 Å². The van der Waals surface area contributed by atoms with Gasteiger partial charge in [-0.1, -0.05) is 49.3 Å². The third kappa shape index (κ3) is 5.07. The van der Waals surface area contributed by atoms with Gasteiger partial charge in [0.2, 0.25) is 3.79 Å². The Morgan fingerprint density at radius 3 is 2.74 bits per heavy atom. The fourth-order valence-corrected chi connectivity index (χ4v) is 2.56. The van der Waals surface area contributed by atoms with E-state index in [1.165, 1.54) is 25.7 Å². The number of rotatable bonds is 4. The predicted molar refractivity (Wildman–Crippen MR) is 85.6 cm³/mol. The van der Waals surface area contributed by atoms with Crippen LogP contribution in [0.3, 0.4) is 0 Å². The molecule has 0 fully saturated rings. The summed E-state index contributed by atoms with van der Waals surface area (Å²) in [6, 6.07) is 7.67. The SMILES string of the molecule is O=C(I)c1ccc(COC2/C=C\CCCCC2)cc1. The van der Waals surface area contributed by atoms with Gasteiger partial charge in [0.1, 0.15) is 0 Å². The molecule has 3 heteroatoms. The van der Waals surface area contributed by atoms with Gasteiger partial charge in [0.05, 0.1) is 12.7 Å². The van der Waals surface area contributed by atoms with Crippen LogP contribution in [0.1, 0.15) is 48.0 Å². The van der Waals surface area contributed by atoms with Crippen LogP contribution in [0, 0.1) is 0 Å². The minimum Gasteiger partial charge on any atom is -0.369 e. The molecule has 0 bridgehead atoms. The number of hydrogen-bond acceptors (Lipinski definition) is 2. The van der Waals surface area contributed by atoms with Gasteiger partial charge in [0, 0.05) is 28.2 Å². The maximum Gasteiger partial charge on any atom is 0.222 e. The Labute approximate surface area is 128 Å². The van der Waals surface area contributed by atoms with Crippen molar-refractivity contribution in [2.24, 2.45) is 0 Å². The van der Waals surface area contributed by atoms with Gasteiger partial charge in [-0.15, -0.1) is 0 Å². The van der Waals surface area contributed by atoms with Gasteiger partial charge < -0.3 is 4.74 Å². The lowest BCUT2D eigenvalue weighted by Crippen LogP contribution is -2.11. The molecule has 0 saturated carbocycles. The minimum absolute atomic E-state index is 0.0769. The molecule has 0 N–H and O–H groups in total. The smallest absolute Gasteiger partial charge is 0.222 e. The normalized spacial score (nSPS) is 21.4. The Bertz CT molecular complexity index is 437. The third-order valence-electron chi connectivity index (χ3n) is 3.36. The van der Waals surface area contributed by atoms with E-state index in [0.717, 1.165) is 17.5 Å². The van der Waals surface area contributed by atoms with E-state index in [4.69, 9.17) is 4.74 Å². The molecule has 0 aromatic heterocycles. The highest BCUT2D eigenvalue weighted by Gasteiger charge is 2.08. The summed E-state index contributed by atoms with van der Waals surface area (Å²) in [7, 11) is 0. The van der Waals surface area contributed by atoms with Crippen molar-refractivity contribution in [1.82, 2.24) is 0 Å². The molecule has 19 heavy (non-hydrogen) atoms. The van der Waals surface area contributed by atoms with E-state index in [0.29, 0.717) is 6.61 Å². The molecule has 1 aliphatic rings. The van der Waals surface area contributed by atoms with Gasteiger partial charge in [-0.05, 0) is 24.8 Å². The highest BCUT2D eigenvalue weighted by atomic mass is 127. The lowest BCUT2D eigenvalue weighted by molar-refractivity contribution is 0.0638. The predicted octanol–water partition coefficient (Wildman–Crippen LogP) is 4.67. The summed E-state index contributed by atoms with van der Waals surface area (Å²) in [6.45, 7) is 0.616. The van der Waals surface area contributed by atoms with Crippen molar-refractivity contribution in [3.63, 3.8) is 0 Å². The molecule has 1 atom stereocenters. The molecule has 0 aliphatic heterocycles. The quantitative estimate of drug-likeness (QED) is 0.438. The molecule has 2 rings (SSSR count). The number of hydrogen-bond donors (Lipinski definition) is 0. The average Bonchev–Trinajstić information content (AvgIpc) is 2.38. The molecule has 0 saturated heterocycles. The Balaban J connectivity index is 1.86. The first-order valence-electron chi connectivity index (χ1n) is 6.83. The van der Waals surface area contributed by atoms with E-state index >= 15 is 0 Å². The van der Waals surface area contributed by atoms with Gasteiger partial charge >= 0.3 is 0 Å². The second-order valence-electron chi connectivity index (χ2n) is 4.89. The fourth-order valence-electron chi connectivity index (χ4n) is 2.20. The van der Waals surface area contributed by atoms with E-state index in [-0.39, 0.29) is 9.89 Å². The minimum atomic E-state index is 0.0769. The summed E-state index contributed by atoms with van der Waals surface area (Å²) >= 11 is 1.81. The van der Waals surface area contributed by atoms with Crippen molar-refractivity contribution in [2.45, 2.75) is 44.8 Å². The maximum atomic E-state index is 11.2. The molecule has 1 aromatic carbocycles. The standard InChI is InChI=1S/C16H19IO2/c17-16(18)14-10-8-13(9-11-14)12-19-15-6-4-2-1-3-5-7-15/h4,6,8-11,15H,1-3,5,7,12H2/b6-4-. The molecule has 1 aromatic rings. The van der Waals surface area contributed by atoms with Gasteiger partial charge in [0.15, 0.2) is 0 Å². The number of allylic oxidation sites excluding steroid dienone is 1. The summed E-state index contributed by atoms with van der Waals surface area (Å²) < 4.78 is 6.01. The third-order valence-corrected chi connectivity index (χ3v) is 3.98. The topological polar surface area (TPSA) is 26.3 Å². The Morgan fingerprint density at radius 2 is 2.00 bits per heavy atom. The van der Waals surface area contributed by atoms with E-state index < -0.39 is 0 Å². The lowest BCUT2D eigenvalue weighted by atomic mass is 10.0. The maximum absolute atomic E-state index is 11.2. The first-order chi connectivity index (χ1) is 9.25. The van der Waals surface area contributed by atoms with E-state index in [9.17, 15) is 4.79 Å². The molecule has 1 aliphatic carbocycles. The second kappa shape index (κ2) is 7.80. The first-order valence-corrected chi connectivity index (χ1v) is 7.90. The summed E-state index contributed by atoms with van der Waals surface area (Å²) in [5.41, 5.74) is 1.87. The zero-order valence-corrected chi connectivity index (χ0v) is 13.1. The zero-order chi connectivity index (χ0) is 13.5. The second-order valence-corrected chi connectivity index (χ2v) is 5.87. The Morgan fingerprint density at radius 1 is 1.21 bits per heavy atom. The summed E-state index contributed by atoms with van der Waals surface area (Å²) in [4.78, 5) is 11.2. The molecule has 102 valence electrons. The molecule has 1 unspecified atom stereocenters. The molecule has 0 radical (unpaired) electrons. The number of benzene rings is 1. The largest absolute Gasteiger partial charge is 0.369 e. The highest BCUT2D eigenvalue weighted by Crippen LogP contribution is 2.16. The number of ether oxygens (including phenoxy) is 1. The molecule has 0 amide bonds. The van der Waals surface area contributed by atoms with Crippen LogP contribution < -0.4 is 0 Å². The van der Waals surface area contributed by atoms with Crippen LogP contribution in [0.15, 0.2) is 36.4 Å². The highest BCUT2D eigenvalue weighted by molar-refractivity contribution is 14.1. The molecule has 0 spiro atoms. The van der Waals surface area contributed by atoms with Crippen LogP contribution >= 0.6 is 22.6 Å². The van der Waals surface area contributed by atoms with Crippen LogP contribution in [-0.2, 0) is 11.3 Å². The van der Waals surface area contributed by atoms with Crippen molar-refractivity contribution in [3.8, 4) is 0 Å². The summed E-state index contributed by atoms with van der Waals surface area (Å²) in [5, 5.41) is 0. The molecule has 2 nitrogen and oxygen atoms in total. The van der Waals surface area contributed by atoms with Crippen LogP contribution in [0.25, 0.3) is 0 Å². The fraction of sp³-hybridized carbons (Fsp3) is 0.438. The van der Waals surface area contributed by atoms with Gasteiger partial charge in [-0.3, -0.25) is 4.79 Å². The molecular weight excluding hydrogens is 351 g/mol. The van der Waals surface area contributed by atoms with Gasteiger partial charge in [-0.25, -0.2) is 0 Å². The van der Waals surface area contributed by atoms with Crippen molar-refractivity contribution in [1.29, 1.82) is 0 Å². The Hall–Kier alpha value is -0.680. The Kier molecular flexibility index (Phi) is 6.04. The molecule has 0 heterocycles. The van der Waals surface area contributed by atoms with Crippen molar-refractivity contribution in [2.75, 3.05) is 0 Å². The number of halogens is 1. The van der Waals surface area contributed by atoms with E-state index in [1.54, 1.807) is 22.6 Å². The summed E-state index contributed by atoms with van der Waals surface area (Å²) in [6.07, 6.45) is 10.8. The molecular formula is C16H19IO2.